The average molecular weight is 254 g/mol. The third-order valence-electron chi connectivity index (χ3n) is 2.33. The van der Waals surface area contributed by atoms with Gasteiger partial charge in [0.05, 0.1) is 17.3 Å². The largest absolute Gasteiger partial charge is 0.390 e. The molecule has 0 radical (unpaired) electrons. The lowest BCUT2D eigenvalue weighted by molar-refractivity contribution is 0.276. The molecule has 0 atom stereocenters. The minimum atomic E-state index is 0.0118. The third-order valence-corrected chi connectivity index (χ3v) is 3.58. The van der Waals surface area contributed by atoms with Crippen LogP contribution in [0.1, 0.15) is 21.1 Å². The van der Waals surface area contributed by atoms with E-state index in [0.29, 0.717) is 0 Å². The number of aliphatic hydroxyl groups is 1. The van der Waals surface area contributed by atoms with Crippen LogP contribution in [0.4, 0.5) is 0 Å². The van der Waals surface area contributed by atoms with Gasteiger partial charge in [0.25, 0.3) is 0 Å². The molecule has 1 heterocycles. The Balaban J connectivity index is 2.20. The Morgan fingerprint density at radius 2 is 2.25 bits per heavy atom. The van der Waals surface area contributed by atoms with Crippen LogP contribution < -0.4 is 0 Å². The minimum absolute atomic E-state index is 0.0118. The predicted octanol–water partition coefficient (Wildman–Crippen LogP) is 3.19. The fourth-order valence-corrected chi connectivity index (χ4v) is 2.72. The quantitative estimate of drug-likeness (QED) is 0.911. The Bertz CT molecular complexity index is 496. The van der Waals surface area contributed by atoms with Crippen molar-refractivity contribution in [3.8, 4) is 0 Å². The first-order valence-electron chi connectivity index (χ1n) is 4.99. The molecule has 2 rings (SSSR count). The van der Waals surface area contributed by atoms with Gasteiger partial charge in [-0.25, -0.2) is 4.98 Å². The maximum atomic E-state index is 9.07. The molecule has 0 aliphatic rings. The maximum Gasteiger partial charge on any atom is 0.0975 e. The van der Waals surface area contributed by atoms with E-state index in [2.05, 4.69) is 4.98 Å². The van der Waals surface area contributed by atoms with Crippen LogP contribution in [0.5, 0.6) is 0 Å². The minimum Gasteiger partial charge on any atom is -0.390 e. The lowest BCUT2D eigenvalue weighted by Gasteiger charge is -1.98. The summed E-state index contributed by atoms with van der Waals surface area (Å²) in [7, 11) is 0. The number of aromatic nitrogens is 1. The Labute approximate surface area is 104 Å². The molecule has 0 amide bonds. The number of thiazole rings is 1. The van der Waals surface area contributed by atoms with Gasteiger partial charge in [0.1, 0.15) is 0 Å². The second-order valence-electron chi connectivity index (χ2n) is 3.58. The Kier molecular flexibility index (Phi) is 3.59. The van der Waals surface area contributed by atoms with Crippen molar-refractivity contribution in [2.75, 3.05) is 0 Å². The average Bonchev–Trinajstić information content (AvgIpc) is 2.58. The Morgan fingerprint density at radius 1 is 1.44 bits per heavy atom. The molecule has 0 saturated carbocycles. The van der Waals surface area contributed by atoms with Gasteiger partial charge < -0.3 is 5.11 Å². The molecule has 0 unspecified atom stereocenters. The summed E-state index contributed by atoms with van der Waals surface area (Å²) in [6.45, 7) is 1.99. The van der Waals surface area contributed by atoms with E-state index >= 15 is 0 Å². The molecule has 0 aliphatic heterocycles. The van der Waals surface area contributed by atoms with Crippen LogP contribution in [0.25, 0.3) is 0 Å². The summed E-state index contributed by atoms with van der Waals surface area (Å²) < 4.78 is 0. The Hall–Kier alpha value is -0.900. The first-order chi connectivity index (χ1) is 7.69. The molecule has 1 aromatic carbocycles. The van der Waals surface area contributed by atoms with E-state index in [9.17, 15) is 0 Å². The number of halogens is 1. The fourth-order valence-electron chi connectivity index (χ4n) is 1.53. The highest BCUT2D eigenvalue weighted by Crippen LogP contribution is 2.21. The molecule has 84 valence electrons. The van der Waals surface area contributed by atoms with Crippen molar-refractivity contribution in [2.24, 2.45) is 0 Å². The summed E-state index contributed by atoms with van der Waals surface area (Å²) in [6.07, 6.45) is 0.770. The van der Waals surface area contributed by atoms with Gasteiger partial charge in [-0.2, -0.15) is 0 Å². The normalized spacial score (nSPS) is 10.7. The topological polar surface area (TPSA) is 33.1 Å². The van der Waals surface area contributed by atoms with Gasteiger partial charge in [0.15, 0.2) is 0 Å². The van der Waals surface area contributed by atoms with Gasteiger partial charge >= 0.3 is 0 Å². The van der Waals surface area contributed by atoms with E-state index in [4.69, 9.17) is 16.7 Å². The molecule has 1 aromatic heterocycles. The van der Waals surface area contributed by atoms with Gasteiger partial charge in [0.2, 0.25) is 0 Å². The van der Waals surface area contributed by atoms with E-state index in [0.717, 1.165) is 32.6 Å². The Morgan fingerprint density at radius 3 is 2.88 bits per heavy atom. The van der Waals surface area contributed by atoms with Crippen molar-refractivity contribution < 1.29 is 5.11 Å². The van der Waals surface area contributed by atoms with Crippen molar-refractivity contribution in [1.29, 1.82) is 0 Å². The van der Waals surface area contributed by atoms with E-state index < -0.39 is 0 Å². The lowest BCUT2D eigenvalue weighted by atomic mass is 10.2. The number of rotatable bonds is 3. The van der Waals surface area contributed by atoms with Crippen molar-refractivity contribution >= 4 is 22.9 Å². The molecule has 0 saturated heterocycles. The van der Waals surface area contributed by atoms with E-state index in [1.165, 1.54) is 0 Å². The van der Waals surface area contributed by atoms with Crippen molar-refractivity contribution in [3.05, 3.63) is 50.4 Å². The maximum absolute atomic E-state index is 9.07. The SMILES string of the molecule is Cc1sc(Cc2cccc(Cl)c2)nc1CO. The van der Waals surface area contributed by atoms with E-state index in [-0.39, 0.29) is 6.61 Å². The summed E-state index contributed by atoms with van der Waals surface area (Å²) in [4.78, 5) is 5.46. The highest BCUT2D eigenvalue weighted by Gasteiger charge is 2.07. The second-order valence-corrected chi connectivity index (χ2v) is 5.30. The lowest BCUT2D eigenvalue weighted by Crippen LogP contribution is -1.89. The standard InChI is InChI=1S/C12H12ClNOS/c1-8-11(7-15)14-12(16-8)6-9-3-2-4-10(13)5-9/h2-5,15H,6-7H2,1H3. The van der Waals surface area contributed by atoms with Gasteiger partial charge in [-0.1, -0.05) is 23.7 Å². The summed E-state index contributed by atoms with van der Waals surface area (Å²) >= 11 is 7.54. The molecule has 16 heavy (non-hydrogen) atoms. The number of benzene rings is 1. The van der Waals surface area contributed by atoms with Crippen LogP contribution in [0.15, 0.2) is 24.3 Å². The van der Waals surface area contributed by atoms with Gasteiger partial charge in [-0.15, -0.1) is 11.3 Å². The molecule has 0 bridgehead atoms. The van der Waals surface area contributed by atoms with Crippen molar-refractivity contribution in [1.82, 2.24) is 4.98 Å². The number of hydrogen-bond donors (Lipinski definition) is 1. The first-order valence-corrected chi connectivity index (χ1v) is 6.19. The third kappa shape index (κ3) is 2.61. The molecule has 2 nitrogen and oxygen atoms in total. The number of nitrogens with zero attached hydrogens (tertiary/aromatic N) is 1. The number of aliphatic hydroxyl groups excluding tert-OH is 1. The van der Waals surface area contributed by atoms with Crippen LogP contribution in [0.3, 0.4) is 0 Å². The zero-order valence-corrected chi connectivity index (χ0v) is 10.5. The molecule has 0 fully saturated rings. The van der Waals surface area contributed by atoms with Crippen molar-refractivity contribution in [3.63, 3.8) is 0 Å². The summed E-state index contributed by atoms with van der Waals surface area (Å²) in [5.74, 6) is 0. The second kappa shape index (κ2) is 4.95. The molecule has 2 aromatic rings. The van der Waals surface area contributed by atoms with E-state index in [1.807, 2.05) is 31.2 Å². The molecular formula is C12H12ClNOS. The molecular weight excluding hydrogens is 242 g/mol. The van der Waals surface area contributed by atoms with Gasteiger partial charge in [-0.3, -0.25) is 0 Å². The number of hydrogen-bond acceptors (Lipinski definition) is 3. The van der Waals surface area contributed by atoms with Crippen LogP contribution in [-0.4, -0.2) is 10.1 Å². The highest BCUT2D eigenvalue weighted by molar-refractivity contribution is 7.11. The predicted molar refractivity (Wildman–Crippen MR) is 67.0 cm³/mol. The zero-order chi connectivity index (χ0) is 11.5. The number of aryl methyl sites for hydroxylation is 1. The highest BCUT2D eigenvalue weighted by atomic mass is 35.5. The summed E-state index contributed by atoms with van der Waals surface area (Å²) in [6, 6.07) is 7.76. The zero-order valence-electron chi connectivity index (χ0n) is 8.90. The summed E-state index contributed by atoms with van der Waals surface area (Å²) in [5, 5.41) is 10.8. The monoisotopic (exact) mass is 253 g/mol. The fraction of sp³-hybridized carbons (Fsp3) is 0.250. The van der Waals surface area contributed by atoms with Crippen LogP contribution in [0, 0.1) is 6.92 Å². The van der Waals surface area contributed by atoms with Gasteiger partial charge in [0, 0.05) is 16.3 Å². The van der Waals surface area contributed by atoms with Gasteiger partial charge in [-0.05, 0) is 24.6 Å². The van der Waals surface area contributed by atoms with E-state index in [1.54, 1.807) is 11.3 Å². The smallest absolute Gasteiger partial charge is 0.0975 e. The molecule has 0 aliphatic carbocycles. The summed E-state index contributed by atoms with van der Waals surface area (Å²) in [5.41, 5.74) is 1.92. The molecule has 4 heteroatoms. The van der Waals surface area contributed by atoms with Crippen LogP contribution in [0.2, 0.25) is 5.02 Å². The molecule has 1 N–H and O–H groups in total. The molecule has 0 spiro atoms. The van der Waals surface area contributed by atoms with Crippen molar-refractivity contribution in [2.45, 2.75) is 20.0 Å². The van der Waals surface area contributed by atoms with Crippen LogP contribution >= 0.6 is 22.9 Å². The first kappa shape index (κ1) is 11.6. The van der Waals surface area contributed by atoms with Crippen LogP contribution in [-0.2, 0) is 13.0 Å².